The van der Waals surface area contributed by atoms with Gasteiger partial charge in [0.2, 0.25) is 0 Å². The molecule has 0 aliphatic carbocycles. The van der Waals surface area contributed by atoms with Crippen molar-refractivity contribution in [2.45, 2.75) is 26.5 Å². The van der Waals surface area contributed by atoms with E-state index in [9.17, 15) is 4.39 Å². The second-order valence-electron chi connectivity index (χ2n) is 5.25. The van der Waals surface area contributed by atoms with Gasteiger partial charge in [-0.25, -0.2) is 4.39 Å². The van der Waals surface area contributed by atoms with E-state index < -0.39 is 0 Å². The first-order chi connectivity index (χ1) is 10.2. The Kier molecular flexibility index (Phi) is 3.60. The lowest BCUT2D eigenvalue weighted by Gasteiger charge is -2.15. The van der Waals surface area contributed by atoms with E-state index in [-0.39, 0.29) is 11.9 Å². The summed E-state index contributed by atoms with van der Waals surface area (Å²) in [6.07, 6.45) is 3.37. The van der Waals surface area contributed by atoms with Crippen molar-refractivity contribution in [2.75, 3.05) is 0 Å². The number of rotatable bonds is 4. The molecule has 2 aromatic heterocycles. The summed E-state index contributed by atoms with van der Waals surface area (Å²) in [5.41, 5.74) is 1.85. The van der Waals surface area contributed by atoms with Gasteiger partial charge < -0.3 is 9.30 Å². The van der Waals surface area contributed by atoms with E-state index in [2.05, 4.69) is 23.4 Å². The van der Waals surface area contributed by atoms with Gasteiger partial charge in [-0.3, -0.25) is 4.98 Å². The van der Waals surface area contributed by atoms with Crippen LogP contribution in [0.4, 0.5) is 4.39 Å². The molecule has 0 bridgehead atoms. The van der Waals surface area contributed by atoms with Gasteiger partial charge >= 0.3 is 0 Å². The molecule has 0 spiro atoms. The van der Waals surface area contributed by atoms with Gasteiger partial charge in [-0.2, -0.15) is 0 Å². The molecule has 1 aromatic carbocycles. The predicted molar refractivity (Wildman–Crippen MR) is 80.9 cm³/mol. The van der Waals surface area contributed by atoms with E-state index in [1.165, 1.54) is 6.07 Å². The number of halogens is 1. The molecule has 3 rings (SSSR count). The highest BCUT2D eigenvalue weighted by Gasteiger charge is 2.14. The average Bonchev–Trinajstić information content (AvgIpc) is 2.86. The highest BCUT2D eigenvalue weighted by atomic mass is 19.1. The maximum atomic E-state index is 13.9. The van der Waals surface area contributed by atoms with Crippen molar-refractivity contribution in [3.8, 4) is 5.75 Å². The maximum absolute atomic E-state index is 13.9. The second-order valence-corrected chi connectivity index (χ2v) is 5.25. The van der Waals surface area contributed by atoms with Crippen molar-refractivity contribution in [1.29, 1.82) is 0 Å². The Hall–Kier alpha value is -2.36. The van der Waals surface area contributed by atoms with Crippen molar-refractivity contribution in [3.63, 3.8) is 0 Å². The van der Waals surface area contributed by atoms with E-state index in [0.717, 1.165) is 11.2 Å². The first-order valence-corrected chi connectivity index (χ1v) is 6.98. The standard InChI is InChI=1S/C17H17FN2O/c1-12(2)20-13(11-21-14-5-4-8-19-10-14)9-15-16(18)6-3-7-17(15)20/h3-10,12H,11H2,1-2H3. The van der Waals surface area contributed by atoms with Crippen LogP contribution in [0.5, 0.6) is 5.75 Å². The Labute approximate surface area is 123 Å². The van der Waals surface area contributed by atoms with E-state index >= 15 is 0 Å². The molecule has 108 valence electrons. The van der Waals surface area contributed by atoms with Crippen LogP contribution in [0.1, 0.15) is 25.6 Å². The number of aromatic nitrogens is 2. The molecule has 0 amide bonds. The molecule has 4 heteroatoms. The smallest absolute Gasteiger partial charge is 0.138 e. The largest absolute Gasteiger partial charge is 0.486 e. The van der Waals surface area contributed by atoms with Crippen LogP contribution in [-0.4, -0.2) is 9.55 Å². The monoisotopic (exact) mass is 284 g/mol. The van der Waals surface area contributed by atoms with Gasteiger partial charge in [0.15, 0.2) is 0 Å². The Morgan fingerprint density at radius 1 is 1.24 bits per heavy atom. The van der Waals surface area contributed by atoms with Crippen molar-refractivity contribution in [1.82, 2.24) is 9.55 Å². The molecule has 0 fully saturated rings. The van der Waals surface area contributed by atoms with Gasteiger partial charge in [-0.15, -0.1) is 0 Å². The topological polar surface area (TPSA) is 27.1 Å². The van der Waals surface area contributed by atoms with Crippen LogP contribution in [0.25, 0.3) is 10.9 Å². The minimum absolute atomic E-state index is 0.200. The van der Waals surface area contributed by atoms with Crippen molar-refractivity contribution in [2.24, 2.45) is 0 Å². The third-order valence-corrected chi connectivity index (χ3v) is 3.45. The fourth-order valence-corrected chi connectivity index (χ4v) is 2.58. The molecule has 0 atom stereocenters. The zero-order valence-corrected chi connectivity index (χ0v) is 12.1. The molecule has 0 saturated carbocycles. The molecule has 0 unspecified atom stereocenters. The number of hydrogen-bond acceptors (Lipinski definition) is 2. The van der Waals surface area contributed by atoms with Crippen LogP contribution in [0, 0.1) is 5.82 Å². The van der Waals surface area contributed by atoms with E-state index in [0.29, 0.717) is 17.7 Å². The van der Waals surface area contributed by atoms with Crippen LogP contribution >= 0.6 is 0 Å². The lowest BCUT2D eigenvalue weighted by molar-refractivity contribution is 0.292. The van der Waals surface area contributed by atoms with Crippen LogP contribution in [0.3, 0.4) is 0 Å². The van der Waals surface area contributed by atoms with E-state index in [1.54, 1.807) is 18.5 Å². The minimum atomic E-state index is -0.200. The van der Waals surface area contributed by atoms with Crippen LogP contribution in [0.15, 0.2) is 48.8 Å². The summed E-state index contributed by atoms with van der Waals surface area (Å²) in [5, 5.41) is 0.635. The minimum Gasteiger partial charge on any atom is -0.486 e. The van der Waals surface area contributed by atoms with Gasteiger partial charge in [0.25, 0.3) is 0 Å². The molecule has 3 nitrogen and oxygen atoms in total. The molecule has 0 aliphatic heterocycles. The summed E-state index contributed by atoms with van der Waals surface area (Å²) >= 11 is 0. The number of fused-ring (bicyclic) bond motifs is 1. The summed E-state index contributed by atoms with van der Waals surface area (Å²) < 4.78 is 21.8. The highest BCUT2D eigenvalue weighted by molar-refractivity contribution is 5.82. The number of hydrogen-bond donors (Lipinski definition) is 0. The highest BCUT2D eigenvalue weighted by Crippen LogP contribution is 2.27. The molecule has 21 heavy (non-hydrogen) atoms. The van der Waals surface area contributed by atoms with Crippen LogP contribution in [-0.2, 0) is 6.61 Å². The Bertz CT molecular complexity index is 750. The number of pyridine rings is 1. The van der Waals surface area contributed by atoms with Crippen LogP contribution in [0.2, 0.25) is 0 Å². The molecule has 0 N–H and O–H groups in total. The SMILES string of the molecule is CC(C)n1c(COc2cccnc2)cc2c(F)cccc21. The molecule has 0 radical (unpaired) electrons. The Morgan fingerprint density at radius 2 is 2.10 bits per heavy atom. The van der Waals surface area contributed by atoms with Crippen LogP contribution < -0.4 is 4.74 Å². The summed E-state index contributed by atoms with van der Waals surface area (Å²) in [6, 6.07) is 10.9. The molecule has 0 aliphatic rings. The fourth-order valence-electron chi connectivity index (χ4n) is 2.58. The third kappa shape index (κ3) is 2.61. The van der Waals surface area contributed by atoms with E-state index in [4.69, 9.17) is 4.74 Å². The predicted octanol–water partition coefficient (Wildman–Crippen LogP) is 4.34. The summed E-state index contributed by atoms with van der Waals surface area (Å²) in [6.45, 7) is 4.55. The zero-order valence-electron chi connectivity index (χ0n) is 12.1. The van der Waals surface area contributed by atoms with Gasteiger partial charge in [0, 0.05) is 17.6 Å². The molecule has 2 heterocycles. The van der Waals surface area contributed by atoms with Crippen molar-refractivity contribution >= 4 is 10.9 Å². The molecule has 0 saturated heterocycles. The first-order valence-electron chi connectivity index (χ1n) is 6.98. The maximum Gasteiger partial charge on any atom is 0.138 e. The lowest BCUT2D eigenvalue weighted by atomic mass is 10.2. The normalized spacial score (nSPS) is 11.2. The van der Waals surface area contributed by atoms with Gasteiger partial charge in [-0.1, -0.05) is 6.07 Å². The Balaban J connectivity index is 1.98. The first kappa shape index (κ1) is 13.6. The number of benzene rings is 1. The average molecular weight is 284 g/mol. The van der Waals surface area contributed by atoms with Gasteiger partial charge in [0.1, 0.15) is 18.2 Å². The zero-order chi connectivity index (χ0) is 14.8. The summed E-state index contributed by atoms with van der Waals surface area (Å²) in [5.74, 6) is 0.507. The fraction of sp³-hybridized carbons (Fsp3) is 0.235. The van der Waals surface area contributed by atoms with Gasteiger partial charge in [0.05, 0.1) is 17.4 Å². The second kappa shape index (κ2) is 5.56. The molecular formula is C17H17FN2O. The number of ether oxygens (including phenoxy) is 1. The lowest BCUT2D eigenvalue weighted by Crippen LogP contribution is -2.08. The van der Waals surface area contributed by atoms with Gasteiger partial charge in [-0.05, 0) is 44.2 Å². The van der Waals surface area contributed by atoms with E-state index in [1.807, 2.05) is 24.3 Å². The quantitative estimate of drug-likeness (QED) is 0.712. The van der Waals surface area contributed by atoms with Crippen molar-refractivity contribution < 1.29 is 9.13 Å². The third-order valence-electron chi connectivity index (χ3n) is 3.45. The molecule has 3 aromatic rings. The number of nitrogens with zero attached hydrogens (tertiary/aromatic N) is 2. The summed E-state index contributed by atoms with van der Waals surface area (Å²) in [7, 11) is 0. The van der Waals surface area contributed by atoms with Crippen molar-refractivity contribution in [3.05, 3.63) is 60.3 Å². The summed E-state index contributed by atoms with van der Waals surface area (Å²) in [4.78, 5) is 4.02. The Morgan fingerprint density at radius 3 is 2.81 bits per heavy atom. The molecular weight excluding hydrogens is 267 g/mol.